The molecule has 1 unspecified atom stereocenters. The summed E-state index contributed by atoms with van der Waals surface area (Å²) in [5, 5.41) is 7.80. The molecule has 19 heavy (non-hydrogen) atoms. The highest BCUT2D eigenvalue weighted by Gasteiger charge is 2.17. The summed E-state index contributed by atoms with van der Waals surface area (Å²) in [7, 11) is 1.96. The molecule has 0 aliphatic carbocycles. The molecule has 0 bridgehead atoms. The van der Waals surface area contributed by atoms with Gasteiger partial charge in [0.25, 0.3) is 0 Å². The highest BCUT2D eigenvalue weighted by atomic mass is 15.3. The maximum Gasteiger partial charge on any atom is 0.223 e. The first-order valence-electron chi connectivity index (χ1n) is 6.47. The highest BCUT2D eigenvalue weighted by Crippen LogP contribution is 2.23. The lowest BCUT2D eigenvalue weighted by molar-refractivity contribution is 0.728. The van der Waals surface area contributed by atoms with Crippen LogP contribution in [-0.4, -0.2) is 19.7 Å². The van der Waals surface area contributed by atoms with E-state index in [-0.39, 0.29) is 6.04 Å². The molecule has 2 aromatic heterocycles. The minimum Gasteiger partial charge on any atom is -0.348 e. The second-order valence-electron chi connectivity index (χ2n) is 5.05. The van der Waals surface area contributed by atoms with Crippen molar-refractivity contribution in [3.05, 3.63) is 34.4 Å². The number of hydrogen-bond acceptors (Lipinski definition) is 4. The Kier molecular flexibility index (Phi) is 3.55. The topological polar surface area (TPSA) is 55.6 Å². The van der Waals surface area contributed by atoms with Crippen LogP contribution in [0.1, 0.15) is 41.3 Å². The van der Waals surface area contributed by atoms with Crippen LogP contribution in [-0.2, 0) is 7.05 Å². The number of nitrogens with one attached hydrogen (secondary N) is 1. The first-order valence-corrected chi connectivity index (χ1v) is 6.47. The number of anilines is 1. The fourth-order valence-corrected chi connectivity index (χ4v) is 2.47. The van der Waals surface area contributed by atoms with Crippen molar-refractivity contribution in [2.45, 2.75) is 40.7 Å². The van der Waals surface area contributed by atoms with Gasteiger partial charge in [-0.3, -0.25) is 4.68 Å². The lowest BCUT2D eigenvalue weighted by Gasteiger charge is -2.15. The molecular weight excluding hydrogens is 238 g/mol. The lowest BCUT2D eigenvalue weighted by atomic mass is 10.1. The molecule has 0 aromatic carbocycles. The van der Waals surface area contributed by atoms with Gasteiger partial charge in [0, 0.05) is 29.7 Å². The maximum atomic E-state index is 4.44. The molecule has 1 N–H and O–H groups in total. The van der Waals surface area contributed by atoms with E-state index in [4.69, 9.17) is 0 Å². The van der Waals surface area contributed by atoms with E-state index in [0.717, 1.165) is 17.1 Å². The van der Waals surface area contributed by atoms with E-state index < -0.39 is 0 Å². The van der Waals surface area contributed by atoms with Crippen LogP contribution in [0.15, 0.2) is 6.07 Å². The number of nitrogens with zero attached hydrogens (tertiary/aromatic N) is 4. The van der Waals surface area contributed by atoms with Crippen LogP contribution >= 0.6 is 0 Å². The Balaban J connectivity index is 2.27. The smallest absolute Gasteiger partial charge is 0.223 e. The van der Waals surface area contributed by atoms with Crippen molar-refractivity contribution in [2.75, 3.05) is 5.32 Å². The molecule has 0 saturated carbocycles. The number of rotatable bonds is 3. The van der Waals surface area contributed by atoms with E-state index >= 15 is 0 Å². The van der Waals surface area contributed by atoms with Gasteiger partial charge in [-0.1, -0.05) is 0 Å². The van der Waals surface area contributed by atoms with E-state index in [1.807, 2.05) is 38.6 Å². The summed E-state index contributed by atoms with van der Waals surface area (Å²) < 4.78 is 1.91. The zero-order chi connectivity index (χ0) is 14.2. The summed E-state index contributed by atoms with van der Waals surface area (Å²) >= 11 is 0. The van der Waals surface area contributed by atoms with Gasteiger partial charge < -0.3 is 5.32 Å². The largest absolute Gasteiger partial charge is 0.348 e. The summed E-state index contributed by atoms with van der Waals surface area (Å²) in [6.45, 7) is 10.2. The third-order valence-electron chi connectivity index (χ3n) is 3.33. The van der Waals surface area contributed by atoms with Gasteiger partial charge in [0.2, 0.25) is 5.95 Å². The van der Waals surface area contributed by atoms with Crippen LogP contribution in [0.3, 0.4) is 0 Å². The number of hydrogen-bond donors (Lipinski definition) is 1. The quantitative estimate of drug-likeness (QED) is 0.920. The summed E-state index contributed by atoms with van der Waals surface area (Å²) in [6, 6.07) is 2.10. The lowest BCUT2D eigenvalue weighted by Crippen LogP contribution is -2.12. The van der Waals surface area contributed by atoms with Crippen molar-refractivity contribution in [3.63, 3.8) is 0 Å². The summed E-state index contributed by atoms with van der Waals surface area (Å²) in [6.07, 6.45) is 0. The van der Waals surface area contributed by atoms with E-state index in [9.17, 15) is 0 Å². The molecule has 0 fully saturated rings. The second-order valence-corrected chi connectivity index (χ2v) is 5.05. The molecule has 0 aliphatic rings. The van der Waals surface area contributed by atoms with Gasteiger partial charge in [-0.2, -0.15) is 5.10 Å². The molecule has 0 aliphatic heterocycles. The third kappa shape index (κ3) is 2.75. The first-order chi connectivity index (χ1) is 8.88. The van der Waals surface area contributed by atoms with E-state index in [1.165, 1.54) is 11.3 Å². The molecule has 0 amide bonds. The second kappa shape index (κ2) is 4.99. The zero-order valence-electron chi connectivity index (χ0n) is 12.4. The minimum atomic E-state index is 0.134. The van der Waals surface area contributed by atoms with Crippen molar-refractivity contribution < 1.29 is 0 Å². The third-order valence-corrected chi connectivity index (χ3v) is 3.33. The Labute approximate surface area is 114 Å². The number of aryl methyl sites for hydroxylation is 4. The van der Waals surface area contributed by atoms with Gasteiger partial charge in [0.05, 0.1) is 11.7 Å². The van der Waals surface area contributed by atoms with Crippen LogP contribution in [0, 0.1) is 27.7 Å². The SMILES string of the molecule is Cc1cc(C)nc(NC(C)c2c(C)nn(C)c2C)n1. The molecule has 2 rings (SSSR count). The maximum absolute atomic E-state index is 4.44. The molecule has 2 aromatic rings. The van der Waals surface area contributed by atoms with Crippen LogP contribution in [0.4, 0.5) is 5.95 Å². The van der Waals surface area contributed by atoms with Gasteiger partial charge in [-0.25, -0.2) is 9.97 Å². The Morgan fingerprint density at radius 1 is 1.11 bits per heavy atom. The summed E-state index contributed by atoms with van der Waals surface area (Å²) in [4.78, 5) is 8.83. The predicted molar refractivity (Wildman–Crippen MR) is 76.2 cm³/mol. The molecule has 5 heteroatoms. The molecule has 2 heterocycles. The van der Waals surface area contributed by atoms with Crippen molar-refractivity contribution >= 4 is 5.95 Å². The van der Waals surface area contributed by atoms with Crippen LogP contribution in [0.5, 0.6) is 0 Å². The predicted octanol–water partition coefficient (Wildman–Crippen LogP) is 2.62. The molecule has 0 spiro atoms. The zero-order valence-corrected chi connectivity index (χ0v) is 12.4. The van der Waals surface area contributed by atoms with Gasteiger partial charge >= 0.3 is 0 Å². The molecule has 0 radical (unpaired) electrons. The normalized spacial score (nSPS) is 12.5. The molecule has 1 atom stereocenters. The monoisotopic (exact) mass is 259 g/mol. The van der Waals surface area contributed by atoms with Gasteiger partial charge in [-0.15, -0.1) is 0 Å². The van der Waals surface area contributed by atoms with E-state index in [2.05, 4.69) is 34.2 Å². The van der Waals surface area contributed by atoms with Crippen LogP contribution in [0.2, 0.25) is 0 Å². The van der Waals surface area contributed by atoms with Crippen LogP contribution < -0.4 is 5.32 Å². The highest BCUT2D eigenvalue weighted by molar-refractivity contribution is 5.36. The first kappa shape index (κ1) is 13.5. The molecule has 0 saturated heterocycles. The average molecular weight is 259 g/mol. The fourth-order valence-electron chi connectivity index (χ4n) is 2.47. The fraction of sp³-hybridized carbons (Fsp3) is 0.500. The minimum absolute atomic E-state index is 0.134. The van der Waals surface area contributed by atoms with Crippen molar-refractivity contribution in [1.82, 2.24) is 19.7 Å². The Morgan fingerprint density at radius 2 is 1.68 bits per heavy atom. The number of aromatic nitrogens is 4. The van der Waals surface area contributed by atoms with Gasteiger partial charge in [-0.05, 0) is 40.7 Å². The van der Waals surface area contributed by atoms with Crippen LogP contribution in [0.25, 0.3) is 0 Å². The van der Waals surface area contributed by atoms with Crippen molar-refractivity contribution in [1.29, 1.82) is 0 Å². The standard InChI is InChI=1S/C14H21N5/c1-8-7-9(2)16-14(15-8)17-10(3)13-11(4)18-19(6)12(13)5/h7,10H,1-6H3,(H,15,16,17). The van der Waals surface area contributed by atoms with Crippen molar-refractivity contribution in [2.24, 2.45) is 7.05 Å². The van der Waals surface area contributed by atoms with E-state index in [1.54, 1.807) is 0 Å². The molecule has 5 nitrogen and oxygen atoms in total. The van der Waals surface area contributed by atoms with E-state index in [0.29, 0.717) is 5.95 Å². The summed E-state index contributed by atoms with van der Waals surface area (Å²) in [5.41, 5.74) is 5.38. The Morgan fingerprint density at radius 3 is 2.16 bits per heavy atom. The van der Waals surface area contributed by atoms with Gasteiger partial charge in [0.15, 0.2) is 0 Å². The van der Waals surface area contributed by atoms with Gasteiger partial charge in [0.1, 0.15) is 0 Å². The molecular formula is C14H21N5. The Bertz CT molecular complexity index is 580. The average Bonchev–Trinajstić information content (AvgIpc) is 2.51. The molecule has 102 valence electrons. The Hall–Kier alpha value is -1.91. The van der Waals surface area contributed by atoms with Crippen molar-refractivity contribution in [3.8, 4) is 0 Å². The summed E-state index contributed by atoms with van der Waals surface area (Å²) in [5.74, 6) is 0.674.